The zero-order valence-corrected chi connectivity index (χ0v) is 17.3. The van der Waals surface area contributed by atoms with Crippen LogP contribution in [0.3, 0.4) is 0 Å². The van der Waals surface area contributed by atoms with E-state index < -0.39 is 11.5 Å². The largest absolute Gasteiger partial charge is 0.493 e. The van der Waals surface area contributed by atoms with E-state index in [1.165, 1.54) is 18.3 Å². The van der Waals surface area contributed by atoms with Crippen molar-refractivity contribution in [1.29, 1.82) is 0 Å². The van der Waals surface area contributed by atoms with E-state index in [0.717, 1.165) is 5.69 Å². The van der Waals surface area contributed by atoms with Crippen molar-refractivity contribution in [2.75, 3.05) is 6.61 Å². The van der Waals surface area contributed by atoms with Crippen LogP contribution in [0, 0.1) is 6.92 Å². The van der Waals surface area contributed by atoms with Gasteiger partial charge < -0.3 is 19.8 Å². The minimum atomic E-state index is -0.648. The number of carbonyl (C=O) groups excluding carboxylic acids is 2. The van der Waals surface area contributed by atoms with Crippen LogP contribution in [0.5, 0.6) is 5.75 Å². The molecule has 3 heterocycles. The molecule has 1 fully saturated rings. The fraction of sp³-hybridized carbons (Fsp3) is 0.381. The maximum Gasteiger partial charge on any atom is 0.340 e. The molecule has 10 nitrogen and oxygen atoms in total. The molecule has 3 aromatic rings. The van der Waals surface area contributed by atoms with Crippen molar-refractivity contribution in [2.24, 2.45) is 0 Å². The van der Waals surface area contributed by atoms with Crippen LogP contribution < -0.4 is 21.0 Å². The third kappa shape index (κ3) is 4.57. The number of fused-ring (bicyclic) bond motifs is 1. The molecular formula is C21H23N5O5. The van der Waals surface area contributed by atoms with Crippen LogP contribution in [0.15, 0.2) is 39.8 Å². The van der Waals surface area contributed by atoms with E-state index in [0.29, 0.717) is 37.1 Å². The van der Waals surface area contributed by atoms with Crippen molar-refractivity contribution < 1.29 is 18.7 Å². The molecule has 1 aliphatic carbocycles. The first kappa shape index (κ1) is 20.6. The fourth-order valence-electron chi connectivity index (χ4n) is 3.70. The number of amides is 2. The van der Waals surface area contributed by atoms with E-state index >= 15 is 0 Å². The molecule has 31 heavy (non-hydrogen) atoms. The summed E-state index contributed by atoms with van der Waals surface area (Å²) in [5.74, 6) is -0.549. The second-order valence-electron chi connectivity index (χ2n) is 7.46. The summed E-state index contributed by atoms with van der Waals surface area (Å²) < 4.78 is 11.8. The summed E-state index contributed by atoms with van der Waals surface area (Å²) in [5, 5.41) is 10.0. The summed E-state index contributed by atoms with van der Waals surface area (Å²) in [7, 11) is 0. The highest BCUT2D eigenvalue weighted by atomic mass is 16.5. The van der Waals surface area contributed by atoms with Gasteiger partial charge in [-0.1, -0.05) is 0 Å². The second kappa shape index (κ2) is 8.58. The Labute approximate surface area is 177 Å². The van der Waals surface area contributed by atoms with Gasteiger partial charge in [-0.3, -0.25) is 9.59 Å². The standard InChI is InChI=1S/C21H23N5O5/c1-3-30-15-9-17(31-18(27)10-15)21(29)25-14-5-4-13(8-14)24-20(28)16-11-22-26-7-6-12(2)23-19(16)26/h6-7,9-11,13-14H,3-5,8H2,1-2H3,(H,24,28)(H,25,29)/t13-,14+/m0/s1. The fourth-order valence-corrected chi connectivity index (χ4v) is 3.70. The highest BCUT2D eigenvalue weighted by Gasteiger charge is 2.29. The van der Waals surface area contributed by atoms with Crippen LogP contribution in [0.25, 0.3) is 5.65 Å². The van der Waals surface area contributed by atoms with Crippen molar-refractivity contribution in [3.8, 4) is 5.75 Å². The molecule has 0 saturated heterocycles. The van der Waals surface area contributed by atoms with Gasteiger partial charge in [0.25, 0.3) is 11.8 Å². The summed E-state index contributed by atoms with van der Waals surface area (Å²) >= 11 is 0. The predicted molar refractivity (Wildman–Crippen MR) is 110 cm³/mol. The topological polar surface area (TPSA) is 128 Å². The Morgan fingerprint density at radius 1 is 1.23 bits per heavy atom. The van der Waals surface area contributed by atoms with Crippen LogP contribution in [0.1, 0.15) is 52.8 Å². The number of aryl methyl sites for hydroxylation is 1. The smallest absolute Gasteiger partial charge is 0.340 e. The summed E-state index contributed by atoms with van der Waals surface area (Å²) in [6, 6.07) is 4.16. The number of hydrogen-bond acceptors (Lipinski definition) is 7. The lowest BCUT2D eigenvalue weighted by Crippen LogP contribution is -2.37. The van der Waals surface area contributed by atoms with E-state index in [1.807, 2.05) is 13.0 Å². The molecule has 2 N–H and O–H groups in total. The molecule has 0 unspecified atom stereocenters. The number of aromatic nitrogens is 3. The molecule has 0 radical (unpaired) electrons. The molecule has 0 aromatic carbocycles. The Balaban J connectivity index is 1.37. The minimum absolute atomic E-state index is 0.0978. The van der Waals surface area contributed by atoms with Gasteiger partial charge in [-0.05, 0) is 39.2 Å². The van der Waals surface area contributed by atoms with Gasteiger partial charge in [-0.15, -0.1) is 0 Å². The van der Waals surface area contributed by atoms with Gasteiger partial charge in [-0.2, -0.15) is 5.10 Å². The predicted octanol–water partition coefficient (Wildman–Crippen LogP) is 1.47. The quantitative estimate of drug-likeness (QED) is 0.612. The first-order chi connectivity index (χ1) is 14.9. The third-order valence-electron chi connectivity index (χ3n) is 5.13. The molecule has 1 saturated carbocycles. The molecule has 1 aliphatic rings. The van der Waals surface area contributed by atoms with E-state index in [4.69, 9.17) is 9.15 Å². The number of nitrogens with zero attached hydrogens (tertiary/aromatic N) is 3. The lowest BCUT2D eigenvalue weighted by Gasteiger charge is -2.14. The first-order valence-electron chi connectivity index (χ1n) is 10.1. The summed E-state index contributed by atoms with van der Waals surface area (Å²) in [6.07, 6.45) is 5.23. The highest BCUT2D eigenvalue weighted by Crippen LogP contribution is 2.21. The second-order valence-corrected chi connectivity index (χ2v) is 7.46. The molecule has 162 valence electrons. The first-order valence-corrected chi connectivity index (χ1v) is 10.1. The number of nitrogens with one attached hydrogen (secondary N) is 2. The molecule has 0 bridgehead atoms. The minimum Gasteiger partial charge on any atom is -0.493 e. The van der Waals surface area contributed by atoms with E-state index in [1.54, 1.807) is 17.6 Å². The van der Waals surface area contributed by atoms with E-state index in [2.05, 4.69) is 20.7 Å². The molecule has 2 amide bonds. The third-order valence-corrected chi connectivity index (χ3v) is 5.13. The Morgan fingerprint density at radius 3 is 2.71 bits per heavy atom. The average molecular weight is 425 g/mol. The van der Waals surface area contributed by atoms with Gasteiger partial charge in [0.15, 0.2) is 11.4 Å². The summed E-state index contributed by atoms with van der Waals surface area (Å²) in [4.78, 5) is 41.2. The molecule has 3 aromatic heterocycles. The van der Waals surface area contributed by atoms with Crippen molar-refractivity contribution in [3.05, 3.63) is 58.0 Å². The van der Waals surface area contributed by atoms with Gasteiger partial charge in [0, 0.05) is 30.0 Å². The van der Waals surface area contributed by atoms with Crippen molar-refractivity contribution in [2.45, 2.75) is 45.2 Å². The highest BCUT2D eigenvalue weighted by molar-refractivity contribution is 5.99. The monoisotopic (exact) mass is 425 g/mol. The normalized spacial score (nSPS) is 18.1. The molecule has 0 aliphatic heterocycles. The van der Waals surface area contributed by atoms with Crippen molar-refractivity contribution in [3.63, 3.8) is 0 Å². The Bertz CT molecular complexity index is 1180. The number of ether oxygens (including phenoxy) is 1. The number of hydrogen-bond donors (Lipinski definition) is 2. The van der Waals surface area contributed by atoms with Gasteiger partial charge in [0.2, 0.25) is 0 Å². The van der Waals surface area contributed by atoms with Crippen LogP contribution in [-0.4, -0.2) is 45.1 Å². The van der Waals surface area contributed by atoms with E-state index in [9.17, 15) is 14.4 Å². The molecule has 4 rings (SSSR count). The molecule has 2 atom stereocenters. The maximum absolute atomic E-state index is 12.7. The van der Waals surface area contributed by atoms with Gasteiger partial charge in [-0.25, -0.2) is 14.3 Å². The molecule has 0 spiro atoms. The van der Waals surface area contributed by atoms with E-state index in [-0.39, 0.29) is 29.5 Å². The average Bonchev–Trinajstić information content (AvgIpc) is 3.34. The number of rotatable bonds is 6. The lowest BCUT2D eigenvalue weighted by atomic mass is 10.2. The number of carbonyl (C=O) groups is 2. The Morgan fingerprint density at radius 2 is 1.97 bits per heavy atom. The Hall–Kier alpha value is -3.69. The van der Waals surface area contributed by atoms with Crippen molar-refractivity contribution in [1.82, 2.24) is 25.2 Å². The van der Waals surface area contributed by atoms with Crippen LogP contribution in [0.2, 0.25) is 0 Å². The maximum atomic E-state index is 12.7. The zero-order valence-electron chi connectivity index (χ0n) is 17.3. The van der Waals surface area contributed by atoms with Crippen LogP contribution >= 0.6 is 0 Å². The summed E-state index contributed by atoms with van der Waals surface area (Å²) in [5.41, 5.74) is 1.06. The Kier molecular flexibility index (Phi) is 5.70. The lowest BCUT2D eigenvalue weighted by molar-refractivity contribution is 0.0903. The van der Waals surface area contributed by atoms with Crippen LogP contribution in [0.4, 0.5) is 0 Å². The van der Waals surface area contributed by atoms with Crippen LogP contribution in [-0.2, 0) is 0 Å². The molecular weight excluding hydrogens is 402 g/mol. The van der Waals surface area contributed by atoms with Crippen molar-refractivity contribution >= 4 is 17.5 Å². The SMILES string of the molecule is CCOc1cc(C(=O)N[C@@H]2CC[C@H](NC(=O)c3cnn4ccc(C)nc34)C2)oc(=O)c1. The van der Waals surface area contributed by atoms with Gasteiger partial charge in [0.1, 0.15) is 11.3 Å². The van der Waals surface area contributed by atoms with Gasteiger partial charge in [0.05, 0.1) is 18.9 Å². The summed E-state index contributed by atoms with van der Waals surface area (Å²) in [6.45, 7) is 4.01. The zero-order chi connectivity index (χ0) is 22.0. The van der Waals surface area contributed by atoms with Gasteiger partial charge >= 0.3 is 5.63 Å². The molecule has 10 heteroatoms.